The van der Waals surface area contributed by atoms with Gasteiger partial charge < -0.3 is 5.11 Å². The van der Waals surface area contributed by atoms with E-state index in [4.69, 9.17) is 0 Å². The van der Waals surface area contributed by atoms with Gasteiger partial charge >= 0.3 is 0 Å². The van der Waals surface area contributed by atoms with Crippen LogP contribution in [0.2, 0.25) is 0 Å². The van der Waals surface area contributed by atoms with Crippen LogP contribution in [0.25, 0.3) is 0 Å². The second kappa shape index (κ2) is 5.52. The Kier molecular flexibility index (Phi) is 4.17. The molecule has 0 spiro atoms. The standard InChI is InChI=1S/C12H15F2NO3S/c13-8-4-3-5-9(14)12(8)19(17,18)15-10-6-1-2-7-11(10)16/h3-5,10-11,15-16H,1-2,6-7H2. The maximum Gasteiger partial charge on any atom is 0.246 e. The molecule has 1 aliphatic rings. The molecular formula is C12H15F2NO3S. The average molecular weight is 291 g/mol. The van der Waals surface area contributed by atoms with Crippen molar-refractivity contribution in [3.8, 4) is 0 Å². The molecule has 19 heavy (non-hydrogen) atoms. The van der Waals surface area contributed by atoms with Crippen LogP contribution in [0.4, 0.5) is 8.78 Å². The lowest BCUT2D eigenvalue weighted by molar-refractivity contribution is 0.101. The SMILES string of the molecule is O=S(=O)(NC1CCCCC1O)c1c(F)cccc1F. The number of halogens is 2. The van der Waals surface area contributed by atoms with Crippen molar-refractivity contribution in [2.45, 2.75) is 42.7 Å². The Morgan fingerprint density at radius 1 is 1.16 bits per heavy atom. The zero-order valence-corrected chi connectivity index (χ0v) is 11.0. The lowest BCUT2D eigenvalue weighted by Gasteiger charge is -2.28. The van der Waals surface area contributed by atoms with Crippen molar-refractivity contribution in [1.29, 1.82) is 0 Å². The van der Waals surface area contributed by atoms with E-state index >= 15 is 0 Å². The molecule has 0 aromatic heterocycles. The fourth-order valence-corrected chi connectivity index (χ4v) is 3.69. The second-order valence-corrected chi connectivity index (χ2v) is 6.28. The van der Waals surface area contributed by atoms with Gasteiger partial charge in [0.05, 0.1) is 6.10 Å². The number of rotatable bonds is 3. The Hall–Kier alpha value is -1.05. The third-order valence-corrected chi connectivity index (χ3v) is 4.76. The molecule has 4 nitrogen and oxygen atoms in total. The van der Waals surface area contributed by atoms with Crippen LogP contribution < -0.4 is 4.72 Å². The topological polar surface area (TPSA) is 66.4 Å². The van der Waals surface area contributed by atoms with Gasteiger partial charge in [-0.15, -0.1) is 0 Å². The number of aliphatic hydroxyl groups excluding tert-OH is 1. The molecule has 1 fully saturated rings. The number of nitrogens with one attached hydrogen (secondary N) is 1. The molecule has 0 heterocycles. The van der Waals surface area contributed by atoms with Crippen molar-refractivity contribution in [3.63, 3.8) is 0 Å². The minimum atomic E-state index is -4.31. The first kappa shape index (κ1) is 14.4. The van der Waals surface area contributed by atoms with Crippen LogP contribution in [-0.2, 0) is 10.0 Å². The van der Waals surface area contributed by atoms with Crippen molar-refractivity contribution in [2.24, 2.45) is 0 Å². The van der Waals surface area contributed by atoms with E-state index in [9.17, 15) is 22.3 Å². The lowest BCUT2D eigenvalue weighted by Crippen LogP contribution is -2.45. The first-order valence-corrected chi connectivity index (χ1v) is 7.54. The van der Waals surface area contributed by atoms with Crippen LogP contribution in [0.3, 0.4) is 0 Å². The van der Waals surface area contributed by atoms with Gasteiger partial charge in [0.2, 0.25) is 10.0 Å². The third-order valence-electron chi connectivity index (χ3n) is 3.22. The van der Waals surface area contributed by atoms with Gasteiger partial charge in [-0.3, -0.25) is 0 Å². The van der Waals surface area contributed by atoms with Crippen LogP contribution in [0, 0.1) is 11.6 Å². The molecule has 0 aliphatic heterocycles. The maximum atomic E-state index is 13.5. The minimum Gasteiger partial charge on any atom is -0.391 e. The summed E-state index contributed by atoms with van der Waals surface area (Å²) in [6.45, 7) is 0. The Bertz CT molecular complexity index is 542. The second-order valence-electron chi connectivity index (χ2n) is 4.63. The van der Waals surface area contributed by atoms with Crippen molar-refractivity contribution in [2.75, 3.05) is 0 Å². The smallest absolute Gasteiger partial charge is 0.246 e. The van der Waals surface area contributed by atoms with Crippen LogP contribution in [0.5, 0.6) is 0 Å². The summed E-state index contributed by atoms with van der Waals surface area (Å²) in [5, 5.41) is 9.70. The normalized spacial score (nSPS) is 24.4. The quantitative estimate of drug-likeness (QED) is 0.888. The molecule has 2 N–H and O–H groups in total. The molecular weight excluding hydrogens is 276 g/mol. The highest BCUT2D eigenvalue weighted by atomic mass is 32.2. The number of sulfonamides is 1. The molecule has 0 bridgehead atoms. The summed E-state index contributed by atoms with van der Waals surface area (Å²) in [7, 11) is -4.31. The molecule has 0 saturated heterocycles. The summed E-state index contributed by atoms with van der Waals surface area (Å²) < 4.78 is 53.1. The molecule has 2 unspecified atom stereocenters. The van der Waals surface area contributed by atoms with Crippen LogP contribution in [0.1, 0.15) is 25.7 Å². The average Bonchev–Trinajstić information content (AvgIpc) is 2.31. The maximum absolute atomic E-state index is 13.5. The number of benzene rings is 1. The first-order chi connectivity index (χ1) is 8.92. The van der Waals surface area contributed by atoms with Gasteiger partial charge in [0.15, 0.2) is 4.90 Å². The molecule has 0 amide bonds. The van der Waals surface area contributed by atoms with Gasteiger partial charge in [-0.05, 0) is 25.0 Å². The molecule has 0 radical (unpaired) electrons. The summed E-state index contributed by atoms with van der Waals surface area (Å²) in [6, 6.07) is 2.17. The van der Waals surface area contributed by atoms with Crippen molar-refractivity contribution < 1.29 is 22.3 Å². The number of hydrogen-bond acceptors (Lipinski definition) is 3. The highest BCUT2D eigenvalue weighted by Gasteiger charge is 2.31. The van der Waals surface area contributed by atoms with Crippen LogP contribution in [-0.4, -0.2) is 25.7 Å². The number of hydrogen-bond donors (Lipinski definition) is 2. The van der Waals surface area contributed by atoms with Crippen molar-refractivity contribution in [3.05, 3.63) is 29.8 Å². The molecule has 2 rings (SSSR count). The van der Waals surface area contributed by atoms with E-state index in [2.05, 4.69) is 4.72 Å². The van der Waals surface area contributed by atoms with Gasteiger partial charge in [-0.2, -0.15) is 0 Å². The Labute approximate surface area is 110 Å². The van der Waals surface area contributed by atoms with Crippen LogP contribution in [0.15, 0.2) is 23.1 Å². The molecule has 2 atom stereocenters. The number of aliphatic hydroxyl groups is 1. The molecule has 106 valence electrons. The highest BCUT2D eigenvalue weighted by Crippen LogP contribution is 2.23. The predicted molar refractivity (Wildman–Crippen MR) is 64.9 cm³/mol. The van der Waals surface area contributed by atoms with Gasteiger partial charge in [0.1, 0.15) is 11.6 Å². The summed E-state index contributed by atoms with van der Waals surface area (Å²) >= 11 is 0. The zero-order chi connectivity index (χ0) is 14.0. The first-order valence-electron chi connectivity index (χ1n) is 6.06. The van der Waals surface area contributed by atoms with Gasteiger partial charge in [-0.1, -0.05) is 18.9 Å². The van der Waals surface area contributed by atoms with E-state index < -0.39 is 38.7 Å². The van der Waals surface area contributed by atoms with Gasteiger partial charge in [0.25, 0.3) is 0 Å². The molecule has 1 saturated carbocycles. The van der Waals surface area contributed by atoms with E-state index in [0.717, 1.165) is 31.0 Å². The fraction of sp³-hybridized carbons (Fsp3) is 0.500. The Morgan fingerprint density at radius 3 is 2.32 bits per heavy atom. The molecule has 1 aliphatic carbocycles. The Morgan fingerprint density at radius 2 is 1.74 bits per heavy atom. The largest absolute Gasteiger partial charge is 0.391 e. The van der Waals surface area contributed by atoms with E-state index in [1.54, 1.807) is 0 Å². The lowest BCUT2D eigenvalue weighted by atomic mass is 9.93. The molecule has 1 aromatic rings. The van der Waals surface area contributed by atoms with Crippen LogP contribution >= 0.6 is 0 Å². The molecule has 1 aromatic carbocycles. The monoisotopic (exact) mass is 291 g/mol. The molecule has 7 heteroatoms. The van der Waals surface area contributed by atoms with Crippen molar-refractivity contribution >= 4 is 10.0 Å². The van der Waals surface area contributed by atoms with E-state index in [-0.39, 0.29) is 0 Å². The fourth-order valence-electron chi connectivity index (χ4n) is 2.25. The summed E-state index contributed by atoms with van der Waals surface area (Å²) in [5.41, 5.74) is 0. The van der Waals surface area contributed by atoms with Crippen molar-refractivity contribution in [1.82, 2.24) is 4.72 Å². The minimum absolute atomic E-state index is 0.455. The zero-order valence-electron chi connectivity index (χ0n) is 10.1. The summed E-state index contributed by atoms with van der Waals surface area (Å²) in [4.78, 5) is -0.993. The van der Waals surface area contributed by atoms with E-state index in [1.807, 2.05) is 0 Å². The Balaban J connectivity index is 2.27. The predicted octanol–water partition coefficient (Wildman–Crippen LogP) is 1.55. The third kappa shape index (κ3) is 3.10. The summed E-state index contributed by atoms with van der Waals surface area (Å²) in [6.07, 6.45) is 1.69. The summed E-state index contributed by atoms with van der Waals surface area (Å²) in [5.74, 6) is -2.28. The van der Waals surface area contributed by atoms with Gasteiger partial charge in [0, 0.05) is 6.04 Å². The van der Waals surface area contributed by atoms with Gasteiger partial charge in [-0.25, -0.2) is 21.9 Å². The highest BCUT2D eigenvalue weighted by molar-refractivity contribution is 7.89. The van der Waals surface area contributed by atoms with E-state index in [1.165, 1.54) is 0 Å². The van der Waals surface area contributed by atoms with E-state index in [0.29, 0.717) is 12.8 Å².